The molecular formula is C16H19NO2. The number of methoxy groups -OCH3 is 1. The minimum atomic E-state index is -0.507. The molecule has 0 heterocycles. The highest BCUT2D eigenvalue weighted by atomic mass is 16.5. The summed E-state index contributed by atoms with van der Waals surface area (Å²) in [6, 6.07) is 17.7. The van der Waals surface area contributed by atoms with Gasteiger partial charge in [0.1, 0.15) is 0 Å². The molecule has 19 heavy (non-hydrogen) atoms. The van der Waals surface area contributed by atoms with Crippen molar-refractivity contribution in [3.8, 4) is 0 Å². The van der Waals surface area contributed by atoms with E-state index in [-0.39, 0.29) is 0 Å². The van der Waals surface area contributed by atoms with Gasteiger partial charge in [0.2, 0.25) is 0 Å². The lowest BCUT2D eigenvalue weighted by Gasteiger charge is -2.13. The van der Waals surface area contributed by atoms with Gasteiger partial charge in [-0.3, -0.25) is 0 Å². The number of nitrogens with one attached hydrogen (secondary N) is 1. The molecule has 0 saturated carbocycles. The van der Waals surface area contributed by atoms with Crippen LogP contribution in [-0.4, -0.2) is 18.8 Å². The summed E-state index contributed by atoms with van der Waals surface area (Å²) in [5.74, 6) is 0. The number of ether oxygens (including phenoxy) is 1. The number of aliphatic hydroxyl groups excluding tert-OH is 1. The third-order valence-corrected chi connectivity index (χ3v) is 2.92. The Hall–Kier alpha value is -1.84. The van der Waals surface area contributed by atoms with E-state index in [1.807, 2.05) is 54.6 Å². The number of aliphatic hydroxyl groups is 1. The molecule has 2 aromatic rings. The number of hydrogen-bond acceptors (Lipinski definition) is 3. The number of rotatable bonds is 6. The molecule has 3 nitrogen and oxygen atoms in total. The summed E-state index contributed by atoms with van der Waals surface area (Å²) in [7, 11) is 1.68. The molecule has 2 rings (SSSR count). The van der Waals surface area contributed by atoms with Crippen LogP contribution in [0, 0.1) is 0 Å². The molecule has 1 atom stereocenters. The Kier molecular flexibility index (Phi) is 4.95. The molecule has 0 aromatic heterocycles. The summed E-state index contributed by atoms with van der Waals surface area (Å²) in [6.45, 7) is 1.08. The molecule has 3 heteroatoms. The van der Waals surface area contributed by atoms with Crippen LogP contribution in [0.15, 0.2) is 54.6 Å². The van der Waals surface area contributed by atoms with Crippen molar-refractivity contribution in [2.45, 2.75) is 12.7 Å². The van der Waals surface area contributed by atoms with Gasteiger partial charge < -0.3 is 15.2 Å². The third kappa shape index (κ3) is 4.09. The Morgan fingerprint density at radius 1 is 1.11 bits per heavy atom. The Morgan fingerprint density at radius 2 is 1.89 bits per heavy atom. The molecule has 2 N–H and O–H groups in total. The first-order chi connectivity index (χ1) is 9.29. The molecule has 0 saturated heterocycles. The second kappa shape index (κ2) is 6.92. The Labute approximate surface area is 113 Å². The van der Waals surface area contributed by atoms with E-state index in [0.717, 1.165) is 16.8 Å². The number of hydrogen-bond donors (Lipinski definition) is 2. The topological polar surface area (TPSA) is 41.5 Å². The predicted octanol–water partition coefficient (Wildman–Crippen LogP) is 2.98. The van der Waals surface area contributed by atoms with E-state index in [2.05, 4.69) is 5.32 Å². The van der Waals surface area contributed by atoms with Crippen molar-refractivity contribution in [1.29, 1.82) is 0 Å². The fraction of sp³-hybridized carbons (Fsp3) is 0.250. The highest BCUT2D eigenvalue weighted by molar-refractivity contribution is 5.45. The van der Waals surface area contributed by atoms with Crippen molar-refractivity contribution < 1.29 is 9.84 Å². The second-order valence-electron chi connectivity index (χ2n) is 4.44. The first-order valence-corrected chi connectivity index (χ1v) is 6.34. The summed E-state index contributed by atoms with van der Waals surface area (Å²) < 4.78 is 5.10. The minimum Gasteiger partial charge on any atom is -0.387 e. The molecule has 0 amide bonds. The monoisotopic (exact) mass is 257 g/mol. The molecule has 0 aliphatic carbocycles. The van der Waals surface area contributed by atoms with Crippen LogP contribution >= 0.6 is 0 Å². The summed E-state index contributed by atoms with van der Waals surface area (Å²) >= 11 is 0. The largest absolute Gasteiger partial charge is 0.387 e. The van der Waals surface area contributed by atoms with E-state index in [1.54, 1.807) is 7.11 Å². The van der Waals surface area contributed by atoms with E-state index in [0.29, 0.717) is 13.2 Å². The average molecular weight is 257 g/mol. The summed E-state index contributed by atoms with van der Waals surface area (Å²) in [5.41, 5.74) is 3.02. The van der Waals surface area contributed by atoms with Crippen LogP contribution in [0.4, 0.5) is 5.69 Å². The van der Waals surface area contributed by atoms with Gasteiger partial charge in [0.15, 0.2) is 0 Å². The van der Waals surface area contributed by atoms with Crippen LogP contribution in [0.1, 0.15) is 17.2 Å². The average Bonchev–Trinajstić information content (AvgIpc) is 2.46. The zero-order valence-electron chi connectivity index (χ0n) is 11.0. The highest BCUT2D eigenvalue weighted by Crippen LogP contribution is 2.15. The maximum absolute atomic E-state index is 10.1. The van der Waals surface area contributed by atoms with Gasteiger partial charge in [0.05, 0.1) is 12.7 Å². The fourth-order valence-electron chi connectivity index (χ4n) is 1.95. The maximum Gasteiger partial charge on any atom is 0.0962 e. The standard InChI is InChI=1S/C16H19NO2/c1-19-12-13-6-5-9-15(10-13)17-11-16(18)14-7-3-2-4-8-14/h2-10,16-18H,11-12H2,1H3. The Morgan fingerprint density at radius 3 is 2.63 bits per heavy atom. The van der Waals surface area contributed by atoms with Gasteiger partial charge in [-0.25, -0.2) is 0 Å². The summed E-state index contributed by atoms with van der Waals surface area (Å²) in [5, 5.41) is 13.3. The van der Waals surface area contributed by atoms with Gasteiger partial charge in [-0.1, -0.05) is 42.5 Å². The Balaban J connectivity index is 1.93. The zero-order chi connectivity index (χ0) is 13.5. The molecule has 0 radical (unpaired) electrons. The molecule has 2 aromatic carbocycles. The first kappa shape index (κ1) is 13.6. The number of anilines is 1. The van der Waals surface area contributed by atoms with Crippen LogP contribution in [0.5, 0.6) is 0 Å². The lowest BCUT2D eigenvalue weighted by Crippen LogP contribution is -2.12. The lowest BCUT2D eigenvalue weighted by molar-refractivity contribution is 0.185. The number of benzene rings is 2. The smallest absolute Gasteiger partial charge is 0.0962 e. The SMILES string of the molecule is COCc1cccc(NCC(O)c2ccccc2)c1. The minimum absolute atomic E-state index is 0.487. The quantitative estimate of drug-likeness (QED) is 0.836. The van der Waals surface area contributed by atoms with Crippen molar-refractivity contribution in [2.75, 3.05) is 19.0 Å². The van der Waals surface area contributed by atoms with Gasteiger partial charge in [-0.05, 0) is 23.3 Å². The zero-order valence-corrected chi connectivity index (χ0v) is 11.0. The van der Waals surface area contributed by atoms with E-state index in [4.69, 9.17) is 4.74 Å². The second-order valence-corrected chi connectivity index (χ2v) is 4.44. The molecular weight excluding hydrogens is 238 g/mol. The molecule has 0 spiro atoms. The molecule has 0 aliphatic rings. The Bertz CT molecular complexity index is 499. The summed E-state index contributed by atoms with van der Waals surface area (Å²) in [6.07, 6.45) is -0.507. The van der Waals surface area contributed by atoms with Crippen molar-refractivity contribution in [3.63, 3.8) is 0 Å². The van der Waals surface area contributed by atoms with Gasteiger partial charge in [-0.2, -0.15) is 0 Å². The first-order valence-electron chi connectivity index (χ1n) is 6.34. The van der Waals surface area contributed by atoms with Crippen LogP contribution in [-0.2, 0) is 11.3 Å². The van der Waals surface area contributed by atoms with Crippen molar-refractivity contribution >= 4 is 5.69 Å². The van der Waals surface area contributed by atoms with Gasteiger partial charge in [-0.15, -0.1) is 0 Å². The maximum atomic E-state index is 10.1. The normalized spacial score (nSPS) is 12.1. The van der Waals surface area contributed by atoms with Crippen molar-refractivity contribution in [3.05, 3.63) is 65.7 Å². The van der Waals surface area contributed by atoms with Gasteiger partial charge in [0, 0.05) is 19.3 Å². The predicted molar refractivity (Wildman–Crippen MR) is 77.0 cm³/mol. The van der Waals surface area contributed by atoms with Crippen LogP contribution in [0.25, 0.3) is 0 Å². The molecule has 0 aliphatic heterocycles. The van der Waals surface area contributed by atoms with Crippen molar-refractivity contribution in [1.82, 2.24) is 0 Å². The van der Waals surface area contributed by atoms with Gasteiger partial charge >= 0.3 is 0 Å². The molecule has 0 bridgehead atoms. The van der Waals surface area contributed by atoms with Crippen LogP contribution < -0.4 is 5.32 Å². The lowest BCUT2D eigenvalue weighted by atomic mass is 10.1. The van der Waals surface area contributed by atoms with Crippen LogP contribution in [0.3, 0.4) is 0 Å². The fourth-order valence-corrected chi connectivity index (χ4v) is 1.95. The van der Waals surface area contributed by atoms with E-state index >= 15 is 0 Å². The summed E-state index contributed by atoms with van der Waals surface area (Å²) in [4.78, 5) is 0. The van der Waals surface area contributed by atoms with E-state index < -0.39 is 6.10 Å². The van der Waals surface area contributed by atoms with Gasteiger partial charge in [0.25, 0.3) is 0 Å². The molecule has 0 fully saturated rings. The van der Waals surface area contributed by atoms with E-state index in [1.165, 1.54) is 0 Å². The van der Waals surface area contributed by atoms with E-state index in [9.17, 15) is 5.11 Å². The molecule has 1 unspecified atom stereocenters. The van der Waals surface area contributed by atoms with Crippen LogP contribution in [0.2, 0.25) is 0 Å². The van der Waals surface area contributed by atoms with Crippen molar-refractivity contribution in [2.24, 2.45) is 0 Å². The molecule has 100 valence electrons. The highest BCUT2D eigenvalue weighted by Gasteiger charge is 2.06. The third-order valence-electron chi connectivity index (χ3n) is 2.92.